The van der Waals surface area contributed by atoms with E-state index < -0.39 is 0 Å². The van der Waals surface area contributed by atoms with Crippen LogP contribution in [-0.2, 0) is 6.42 Å². The minimum atomic E-state index is -0.140. The number of para-hydroxylation sites is 1. The average Bonchev–Trinajstić information content (AvgIpc) is 2.74. The molecule has 0 amide bonds. The van der Waals surface area contributed by atoms with Gasteiger partial charge in [0.05, 0.1) is 5.69 Å². The van der Waals surface area contributed by atoms with E-state index in [0.29, 0.717) is 5.92 Å². The number of ether oxygens (including phenoxy) is 1. The lowest BCUT2D eigenvalue weighted by atomic mass is 10.0. The van der Waals surface area contributed by atoms with Crippen molar-refractivity contribution in [3.8, 4) is 5.75 Å². The lowest BCUT2D eigenvalue weighted by Gasteiger charge is -2.09. The number of aromatic nitrogens is 2. The maximum atomic E-state index is 12.4. The molecule has 0 radical (unpaired) electrons. The zero-order valence-corrected chi connectivity index (χ0v) is 14.0. The monoisotopic (exact) mass is 300 g/mol. The highest BCUT2D eigenvalue weighted by atomic mass is 16.5. The van der Waals surface area contributed by atoms with E-state index >= 15 is 0 Å². The minimum Gasteiger partial charge on any atom is -0.483 e. The summed E-state index contributed by atoms with van der Waals surface area (Å²) in [6.45, 7) is 10.2. The van der Waals surface area contributed by atoms with Crippen LogP contribution in [0, 0.1) is 26.7 Å². The molecule has 22 heavy (non-hydrogen) atoms. The van der Waals surface area contributed by atoms with Crippen LogP contribution in [0.5, 0.6) is 5.75 Å². The number of benzene rings is 1. The van der Waals surface area contributed by atoms with E-state index in [1.165, 1.54) is 10.2 Å². The molecule has 0 aliphatic heterocycles. The van der Waals surface area contributed by atoms with Gasteiger partial charge in [0, 0.05) is 5.69 Å². The van der Waals surface area contributed by atoms with Gasteiger partial charge in [0.25, 0.3) is 5.91 Å². The van der Waals surface area contributed by atoms with Gasteiger partial charge in [0.15, 0.2) is 6.61 Å². The van der Waals surface area contributed by atoms with E-state index in [-0.39, 0.29) is 12.5 Å². The van der Waals surface area contributed by atoms with Crippen molar-refractivity contribution in [2.24, 2.45) is 5.92 Å². The molecule has 1 heterocycles. The molecule has 0 atom stereocenters. The van der Waals surface area contributed by atoms with Crippen LogP contribution in [0.1, 0.15) is 41.2 Å². The lowest BCUT2D eigenvalue weighted by Crippen LogP contribution is -2.22. The first-order valence-electron chi connectivity index (χ1n) is 7.67. The van der Waals surface area contributed by atoms with Gasteiger partial charge < -0.3 is 4.74 Å². The van der Waals surface area contributed by atoms with Crippen molar-refractivity contribution in [3.63, 3.8) is 0 Å². The third-order valence-corrected chi connectivity index (χ3v) is 3.73. The van der Waals surface area contributed by atoms with E-state index in [4.69, 9.17) is 4.74 Å². The first-order chi connectivity index (χ1) is 10.4. The van der Waals surface area contributed by atoms with Gasteiger partial charge in [-0.25, -0.2) is 4.68 Å². The summed E-state index contributed by atoms with van der Waals surface area (Å²) in [6.07, 6.45) is 0.934. The molecule has 0 aliphatic rings. The maximum absolute atomic E-state index is 12.4. The highest BCUT2D eigenvalue weighted by Gasteiger charge is 2.17. The molecule has 0 spiro atoms. The second kappa shape index (κ2) is 6.77. The third kappa shape index (κ3) is 3.56. The normalized spacial score (nSPS) is 11.0. The number of hydrogen-bond donors (Lipinski definition) is 0. The Hall–Kier alpha value is -2.10. The molecule has 2 aromatic rings. The summed E-state index contributed by atoms with van der Waals surface area (Å²) in [5, 5.41) is 4.38. The summed E-state index contributed by atoms with van der Waals surface area (Å²) < 4.78 is 7.11. The Morgan fingerprint density at radius 2 is 1.91 bits per heavy atom. The second-order valence-electron chi connectivity index (χ2n) is 6.11. The van der Waals surface area contributed by atoms with Crippen LogP contribution in [-0.4, -0.2) is 22.3 Å². The number of rotatable bonds is 5. The topological polar surface area (TPSA) is 44.1 Å². The molecule has 0 unspecified atom stereocenters. The highest BCUT2D eigenvalue weighted by Crippen LogP contribution is 2.19. The molecule has 1 aromatic heterocycles. The summed E-state index contributed by atoms with van der Waals surface area (Å²) >= 11 is 0. The Labute approximate surface area is 132 Å². The lowest BCUT2D eigenvalue weighted by molar-refractivity contribution is 0.0817. The van der Waals surface area contributed by atoms with Crippen LogP contribution in [0.3, 0.4) is 0 Å². The van der Waals surface area contributed by atoms with Gasteiger partial charge in [-0.05, 0) is 50.3 Å². The first kappa shape index (κ1) is 16.3. The number of hydrogen-bond acceptors (Lipinski definition) is 3. The molecule has 0 bridgehead atoms. The van der Waals surface area contributed by atoms with Gasteiger partial charge in [0.2, 0.25) is 0 Å². The quantitative estimate of drug-likeness (QED) is 0.845. The Balaban J connectivity index is 2.12. The first-order valence-corrected chi connectivity index (χ1v) is 7.67. The van der Waals surface area contributed by atoms with Gasteiger partial charge in [-0.15, -0.1) is 0 Å². The van der Waals surface area contributed by atoms with Gasteiger partial charge in [0.1, 0.15) is 5.75 Å². The Bertz CT molecular complexity index is 672. The maximum Gasteiger partial charge on any atom is 0.284 e. The van der Waals surface area contributed by atoms with E-state index in [1.807, 2.05) is 45.0 Å². The molecule has 0 aliphatic carbocycles. The molecule has 0 N–H and O–H groups in total. The number of aryl methyl sites for hydroxylation is 2. The van der Waals surface area contributed by atoms with Gasteiger partial charge in [-0.2, -0.15) is 5.10 Å². The summed E-state index contributed by atoms with van der Waals surface area (Å²) in [5.74, 6) is 1.13. The highest BCUT2D eigenvalue weighted by molar-refractivity contribution is 5.80. The molecular formula is C18H24N2O2. The Kier molecular flexibility index (Phi) is 5.01. The fourth-order valence-corrected chi connectivity index (χ4v) is 2.54. The van der Waals surface area contributed by atoms with Gasteiger partial charge in [-0.1, -0.05) is 32.0 Å². The molecule has 0 saturated heterocycles. The number of carbonyl (C=O) groups is 1. The van der Waals surface area contributed by atoms with Crippen LogP contribution < -0.4 is 4.74 Å². The van der Waals surface area contributed by atoms with Gasteiger partial charge >= 0.3 is 0 Å². The van der Waals surface area contributed by atoms with Crippen LogP contribution in [0.25, 0.3) is 0 Å². The summed E-state index contributed by atoms with van der Waals surface area (Å²) in [6, 6.07) is 7.68. The van der Waals surface area contributed by atoms with Crippen molar-refractivity contribution < 1.29 is 9.53 Å². The molecule has 4 nitrogen and oxygen atoms in total. The smallest absolute Gasteiger partial charge is 0.284 e. The van der Waals surface area contributed by atoms with Crippen molar-refractivity contribution in [2.45, 2.75) is 41.0 Å². The Morgan fingerprint density at radius 3 is 2.55 bits per heavy atom. The van der Waals surface area contributed by atoms with E-state index in [9.17, 15) is 4.79 Å². The molecule has 118 valence electrons. The minimum absolute atomic E-state index is 0.00602. The molecule has 1 aromatic carbocycles. The van der Waals surface area contributed by atoms with Crippen LogP contribution in [0.4, 0.5) is 0 Å². The summed E-state index contributed by atoms with van der Waals surface area (Å²) in [7, 11) is 0. The van der Waals surface area contributed by atoms with E-state index in [2.05, 4.69) is 18.9 Å². The van der Waals surface area contributed by atoms with Crippen molar-refractivity contribution in [1.29, 1.82) is 0 Å². The molecule has 4 heteroatoms. The third-order valence-electron chi connectivity index (χ3n) is 3.73. The average molecular weight is 300 g/mol. The summed E-state index contributed by atoms with van der Waals surface area (Å²) in [5.41, 5.74) is 4.03. The number of nitrogens with zero attached hydrogens (tertiary/aromatic N) is 2. The zero-order valence-electron chi connectivity index (χ0n) is 14.0. The largest absolute Gasteiger partial charge is 0.483 e. The van der Waals surface area contributed by atoms with Crippen molar-refractivity contribution in [2.75, 3.05) is 6.61 Å². The van der Waals surface area contributed by atoms with Crippen LogP contribution in [0.15, 0.2) is 24.3 Å². The molecule has 2 rings (SSSR count). The fraction of sp³-hybridized carbons (Fsp3) is 0.444. The van der Waals surface area contributed by atoms with Gasteiger partial charge in [-0.3, -0.25) is 4.79 Å². The summed E-state index contributed by atoms with van der Waals surface area (Å²) in [4.78, 5) is 12.4. The van der Waals surface area contributed by atoms with Crippen molar-refractivity contribution >= 4 is 5.91 Å². The molecule has 0 saturated carbocycles. The second-order valence-corrected chi connectivity index (χ2v) is 6.11. The molecule has 0 fully saturated rings. The van der Waals surface area contributed by atoms with Crippen LogP contribution >= 0.6 is 0 Å². The van der Waals surface area contributed by atoms with E-state index in [0.717, 1.165) is 29.1 Å². The van der Waals surface area contributed by atoms with Crippen molar-refractivity contribution in [3.05, 3.63) is 46.8 Å². The van der Waals surface area contributed by atoms with Crippen molar-refractivity contribution in [1.82, 2.24) is 9.78 Å². The predicted octanol–water partition coefficient (Wildman–Crippen LogP) is 3.73. The SMILES string of the molecule is Cc1ccccc1OCC(=O)n1nc(C)c(CC(C)C)c1C. The predicted molar refractivity (Wildman–Crippen MR) is 87.5 cm³/mol. The van der Waals surface area contributed by atoms with Crippen LogP contribution in [0.2, 0.25) is 0 Å². The molecular weight excluding hydrogens is 276 g/mol. The number of carbonyl (C=O) groups excluding carboxylic acids is 1. The van der Waals surface area contributed by atoms with E-state index in [1.54, 1.807) is 0 Å². The standard InChI is InChI=1S/C18H24N2O2/c1-12(2)10-16-14(4)19-20(15(16)5)18(21)11-22-17-9-7-6-8-13(17)3/h6-9,12H,10-11H2,1-5H3. The Morgan fingerprint density at radius 1 is 1.23 bits per heavy atom. The fourth-order valence-electron chi connectivity index (χ4n) is 2.54. The zero-order chi connectivity index (χ0) is 16.3.